The van der Waals surface area contributed by atoms with Gasteiger partial charge in [0, 0.05) is 19.7 Å². The number of likely N-dealkylation sites (N-methyl/N-ethyl adjacent to an activating group) is 1. The van der Waals surface area contributed by atoms with Crippen LogP contribution in [0, 0.1) is 5.92 Å². The second kappa shape index (κ2) is 16.7. The van der Waals surface area contributed by atoms with Gasteiger partial charge < -0.3 is 8.85 Å². The van der Waals surface area contributed by atoms with Crippen molar-refractivity contribution < 1.29 is 18.5 Å². The van der Waals surface area contributed by atoms with Crippen LogP contribution in [0.2, 0.25) is 23.2 Å². The third kappa shape index (κ3) is 10.2. The highest BCUT2D eigenvalue weighted by Crippen LogP contribution is 2.39. The first kappa shape index (κ1) is 37.6. The van der Waals surface area contributed by atoms with Crippen LogP contribution < -0.4 is 10.4 Å². The first-order valence-electron chi connectivity index (χ1n) is 15.8. The molecule has 0 saturated heterocycles. The lowest BCUT2D eigenvalue weighted by Crippen LogP contribution is -2.66. The van der Waals surface area contributed by atoms with E-state index in [-0.39, 0.29) is 28.0 Å². The molecule has 2 aromatic carbocycles. The fraction of sp³-hybridized carbons (Fsp3) is 0.486. The number of carbonyl (C=O) groups is 1. The Morgan fingerprint density at radius 1 is 0.864 bits per heavy atom. The molecule has 7 heteroatoms. The largest absolute Gasteiger partial charge is 0.410 e. The third-order valence-corrected chi connectivity index (χ3v) is 18.2. The molecule has 1 amide bonds. The van der Waals surface area contributed by atoms with Crippen LogP contribution >= 0.6 is 0 Å². The highest BCUT2D eigenvalue weighted by atomic mass is 28.4. The van der Waals surface area contributed by atoms with E-state index in [1.165, 1.54) is 22.5 Å². The molecule has 0 aromatic heterocycles. The summed E-state index contributed by atoms with van der Waals surface area (Å²) in [7, 11) is -1.46. The minimum absolute atomic E-state index is 0.0399. The maximum Gasteiger partial charge on any atom is 0.269 e. The Morgan fingerprint density at radius 3 is 1.89 bits per heavy atom. The minimum Gasteiger partial charge on any atom is -0.410 e. The number of hydroxylamine groups is 2. The summed E-state index contributed by atoms with van der Waals surface area (Å²) in [6, 6.07) is 21.5. The molecule has 5 nitrogen and oxygen atoms in total. The van der Waals surface area contributed by atoms with E-state index in [1.54, 1.807) is 13.1 Å². The molecule has 0 bridgehead atoms. The zero-order valence-electron chi connectivity index (χ0n) is 29.1. The summed E-state index contributed by atoms with van der Waals surface area (Å²) in [5, 5.41) is 3.87. The fourth-order valence-corrected chi connectivity index (χ4v) is 10.9. The van der Waals surface area contributed by atoms with Crippen molar-refractivity contribution in [3.05, 3.63) is 97.1 Å². The van der Waals surface area contributed by atoms with E-state index in [0.717, 1.165) is 12.8 Å². The molecule has 44 heavy (non-hydrogen) atoms. The summed E-state index contributed by atoms with van der Waals surface area (Å²) < 4.78 is 13.9. The number of hydrogen-bond donors (Lipinski definition) is 0. The zero-order chi connectivity index (χ0) is 33.0. The molecule has 0 radical (unpaired) electrons. The smallest absolute Gasteiger partial charge is 0.269 e. The molecule has 242 valence electrons. The number of hydrogen-bond acceptors (Lipinski definition) is 4. The Hall–Kier alpha value is -2.56. The Kier molecular flexibility index (Phi) is 14.3. The van der Waals surface area contributed by atoms with E-state index in [1.807, 2.05) is 6.08 Å². The van der Waals surface area contributed by atoms with E-state index in [9.17, 15) is 4.79 Å². The average molecular weight is 636 g/mol. The molecule has 0 N–H and O–H groups in total. The van der Waals surface area contributed by atoms with Crippen molar-refractivity contribution in [1.82, 2.24) is 5.06 Å². The monoisotopic (exact) mass is 635 g/mol. The van der Waals surface area contributed by atoms with Crippen molar-refractivity contribution in [2.75, 3.05) is 20.8 Å². The van der Waals surface area contributed by atoms with Gasteiger partial charge in [0.25, 0.3) is 14.2 Å². The Balaban J connectivity index is 2.18. The van der Waals surface area contributed by atoms with Crippen molar-refractivity contribution in [2.24, 2.45) is 5.92 Å². The first-order chi connectivity index (χ1) is 20.6. The van der Waals surface area contributed by atoms with Crippen molar-refractivity contribution in [3.8, 4) is 0 Å². The van der Waals surface area contributed by atoms with Crippen LogP contribution in [-0.4, -0.2) is 54.5 Å². The molecule has 0 aliphatic heterocycles. The Labute approximate surface area is 270 Å². The molecule has 0 saturated carbocycles. The van der Waals surface area contributed by atoms with Gasteiger partial charge in [0.05, 0.1) is 13.2 Å². The van der Waals surface area contributed by atoms with Crippen LogP contribution in [0.25, 0.3) is 0 Å². The molecule has 2 aromatic rings. The first-order valence-corrected chi connectivity index (χ1v) is 20.6. The highest BCUT2D eigenvalue weighted by Gasteiger charge is 2.50. The lowest BCUT2D eigenvalue weighted by molar-refractivity contribution is -0.162. The average Bonchev–Trinajstić information content (AvgIpc) is 2.97. The fourth-order valence-electron chi connectivity index (χ4n) is 4.96. The molecule has 0 aliphatic carbocycles. The predicted octanol–water partition coefficient (Wildman–Crippen LogP) is 8.06. The van der Waals surface area contributed by atoms with Crippen molar-refractivity contribution >= 4 is 32.9 Å². The molecule has 0 fully saturated rings. The van der Waals surface area contributed by atoms with Crippen molar-refractivity contribution in [2.45, 2.75) is 90.6 Å². The molecule has 0 unspecified atom stereocenters. The van der Waals surface area contributed by atoms with Gasteiger partial charge in [0.15, 0.2) is 8.32 Å². The summed E-state index contributed by atoms with van der Waals surface area (Å²) in [6.07, 6.45) is 13.5. The van der Waals surface area contributed by atoms with Gasteiger partial charge in [-0.15, -0.1) is 0 Å². The third-order valence-electron chi connectivity index (χ3n) is 8.72. The maximum absolute atomic E-state index is 12.1. The van der Waals surface area contributed by atoms with Crippen molar-refractivity contribution in [3.63, 3.8) is 0 Å². The van der Waals surface area contributed by atoms with Crippen LogP contribution in [0.4, 0.5) is 0 Å². The maximum atomic E-state index is 12.1. The van der Waals surface area contributed by atoms with Gasteiger partial charge in [-0.05, 0) is 52.3 Å². The molecule has 0 aliphatic rings. The second-order valence-corrected chi connectivity index (χ2v) is 23.2. The standard InChI is InChI=1S/C37H57NO4Si2/c1-31(23-22-29-35(39)38(8)40-9)34(42-43(10,11)36(2,3)4)28-20-12-13-21-30-41-44(37(5,6)7,32-24-16-14-17-25-32)33-26-18-15-19-27-33/h12-20,22,24-29,31,34H,21,23,30H2,1-11H3/b13-12+,28-20-,29-22+/t31-,34+/m1/s1. The van der Waals surface area contributed by atoms with Crippen LogP contribution in [0.5, 0.6) is 0 Å². The highest BCUT2D eigenvalue weighted by molar-refractivity contribution is 6.99. The van der Waals surface area contributed by atoms with Gasteiger partial charge in [-0.1, -0.05) is 140 Å². The Morgan fingerprint density at radius 2 is 1.41 bits per heavy atom. The summed E-state index contributed by atoms with van der Waals surface area (Å²) in [6.45, 7) is 21.1. The van der Waals surface area contributed by atoms with Gasteiger partial charge in [-0.3, -0.25) is 9.63 Å². The van der Waals surface area contributed by atoms with Gasteiger partial charge in [-0.25, -0.2) is 5.06 Å². The zero-order valence-corrected chi connectivity index (χ0v) is 31.1. The van der Waals surface area contributed by atoms with Crippen molar-refractivity contribution in [1.29, 1.82) is 0 Å². The molecule has 2 atom stereocenters. The molecular formula is C37H57NO4Si2. The van der Waals surface area contributed by atoms with E-state index in [4.69, 9.17) is 13.7 Å². The summed E-state index contributed by atoms with van der Waals surface area (Å²) in [5.41, 5.74) is 0. The van der Waals surface area contributed by atoms with Gasteiger partial charge in [-0.2, -0.15) is 0 Å². The minimum atomic E-state index is -2.53. The van der Waals surface area contributed by atoms with Crippen LogP contribution in [0.15, 0.2) is 97.1 Å². The molecule has 2 rings (SSSR count). The predicted molar refractivity (Wildman–Crippen MR) is 191 cm³/mol. The van der Waals surface area contributed by atoms with E-state index in [0.29, 0.717) is 6.61 Å². The van der Waals surface area contributed by atoms with E-state index < -0.39 is 16.6 Å². The topological polar surface area (TPSA) is 48.0 Å². The number of amides is 1. The molecule has 0 heterocycles. The van der Waals surface area contributed by atoms with E-state index >= 15 is 0 Å². The molecular weight excluding hydrogens is 579 g/mol. The normalized spacial score (nSPS) is 14.9. The van der Waals surface area contributed by atoms with Gasteiger partial charge >= 0.3 is 0 Å². The number of benzene rings is 2. The summed E-state index contributed by atoms with van der Waals surface area (Å²) >= 11 is 0. The quantitative estimate of drug-likeness (QED) is 0.0653. The number of rotatable bonds is 15. The summed E-state index contributed by atoms with van der Waals surface area (Å²) in [5.74, 6) is 0.0180. The van der Waals surface area contributed by atoms with Crippen LogP contribution in [-0.2, 0) is 18.5 Å². The van der Waals surface area contributed by atoms with Crippen LogP contribution in [0.3, 0.4) is 0 Å². The Bertz CT molecular complexity index is 1190. The van der Waals surface area contributed by atoms with E-state index in [2.05, 4.69) is 147 Å². The number of allylic oxidation sites excluding steroid dienone is 3. The number of nitrogens with zero attached hydrogens (tertiary/aromatic N) is 1. The van der Waals surface area contributed by atoms with Gasteiger partial charge in [0.2, 0.25) is 0 Å². The number of carbonyl (C=O) groups excluding carboxylic acids is 1. The lowest BCUT2D eigenvalue weighted by atomic mass is 10.00. The lowest BCUT2D eigenvalue weighted by Gasteiger charge is -2.43. The summed E-state index contributed by atoms with van der Waals surface area (Å²) in [4.78, 5) is 17.1. The SMILES string of the molecule is CON(C)C(=O)/C=C/C[C@@H](C)[C@H](/C=C\C=C\CCO[Si](c1ccccc1)(c1ccccc1)C(C)(C)C)O[Si](C)(C)C(C)(C)C. The van der Waals surface area contributed by atoms with Gasteiger partial charge in [0.1, 0.15) is 0 Å². The molecule has 0 spiro atoms. The van der Waals surface area contributed by atoms with Crippen LogP contribution in [0.1, 0.15) is 61.3 Å². The second-order valence-electron chi connectivity index (χ2n) is 14.1.